The van der Waals surface area contributed by atoms with E-state index in [1.54, 1.807) is 48.6 Å². The molecule has 6 nitrogen and oxygen atoms in total. The number of anilines is 1. The molecule has 138 valence electrons. The van der Waals surface area contributed by atoms with Crippen molar-refractivity contribution in [3.63, 3.8) is 0 Å². The Kier molecular flexibility index (Phi) is 5.73. The van der Waals surface area contributed by atoms with E-state index >= 15 is 0 Å². The molecule has 2 aromatic rings. The number of nitrogens with zero attached hydrogens (tertiary/aromatic N) is 1. The van der Waals surface area contributed by atoms with Gasteiger partial charge in [0.1, 0.15) is 5.76 Å². The summed E-state index contributed by atoms with van der Waals surface area (Å²) in [6.45, 7) is 3.31. The minimum atomic E-state index is -0.130. The van der Waals surface area contributed by atoms with Crippen LogP contribution in [0.1, 0.15) is 29.5 Å². The van der Waals surface area contributed by atoms with E-state index in [9.17, 15) is 9.59 Å². The number of carbonyl (C=O) groups excluding carboxylic acids is 2. The van der Waals surface area contributed by atoms with Crippen molar-refractivity contribution in [3.8, 4) is 0 Å². The number of hydrogen-bond acceptors (Lipinski definition) is 4. The molecule has 0 bridgehead atoms. The average molecular weight is 356 g/mol. The average Bonchev–Trinajstić information content (AvgIpc) is 3.16. The van der Waals surface area contributed by atoms with Crippen molar-refractivity contribution in [1.82, 2.24) is 4.90 Å². The maximum atomic E-state index is 12.9. The first kappa shape index (κ1) is 18.2. The zero-order chi connectivity index (χ0) is 18.5. The second-order valence-corrected chi connectivity index (χ2v) is 6.69. The molecule has 26 heavy (non-hydrogen) atoms. The fraction of sp³-hybridized carbons (Fsp3) is 0.400. The summed E-state index contributed by atoms with van der Waals surface area (Å²) in [6, 6.07) is 10.7. The third-order valence-corrected chi connectivity index (χ3v) is 4.60. The van der Waals surface area contributed by atoms with Crippen LogP contribution in [0.15, 0.2) is 47.1 Å². The summed E-state index contributed by atoms with van der Waals surface area (Å²) in [7, 11) is 1.60. The number of benzene rings is 1. The van der Waals surface area contributed by atoms with Gasteiger partial charge in [0.25, 0.3) is 5.91 Å². The molecule has 0 spiro atoms. The Bertz CT molecular complexity index is 757. The van der Waals surface area contributed by atoms with Crippen LogP contribution in [0.4, 0.5) is 5.69 Å². The monoisotopic (exact) mass is 356 g/mol. The van der Waals surface area contributed by atoms with Gasteiger partial charge in [-0.05, 0) is 42.7 Å². The molecular formula is C20H24N2O4. The van der Waals surface area contributed by atoms with E-state index in [2.05, 4.69) is 12.2 Å². The van der Waals surface area contributed by atoms with Crippen molar-refractivity contribution in [1.29, 1.82) is 0 Å². The molecule has 2 unspecified atom stereocenters. The van der Waals surface area contributed by atoms with E-state index in [1.807, 2.05) is 6.07 Å². The van der Waals surface area contributed by atoms with Gasteiger partial charge in [0.2, 0.25) is 5.91 Å². The van der Waals surface area contributed by atoms with Crippen molar-refractivity contribution in [2.75, 3.05) is 25.6 Å². The van der Waals surface area contributed by atoms with Crippen LogP contribution in [0, 0.1) is 11.8 Å². The topological polar surface area (TPSA) is 71.8 Å². The number of carbonyl (C=O) groups is 2. The SMILES string of the molecule is COCCN(Cc1ccco1)C(=O)c1cccc(NC(=O)C2CC2C)c1. The van der Waals surface area contributed by atoms with Gasteiger partial charge in [-0.2, -0.15) is 0 Å². The maximum Gasteiger partial charge on any atom is 0.254 e. The van der Waals surface area contributed by atoms with Crippen LogP contribution in [0.25, 0.3) is 0 Å². The maximum absolute atomic E-state index is 12.9. The van der Waals surface area contributed by atoms with Crippen LogP contribution in [-0.2, 0) is 16.1 Å². The molecule has 1 fully saturated rings. The summed E-state index contributed by atoms with van der Waals surface area (Å²) < 4.78 is 10.5. The molecule has 1 aliphatic rings. The van der Waals surface area contributed by atoms with E-state index < -0.39 is 0 Å². The Morgan fingerprint density at radius 3 is 2.77 bits per heavy atom. The molecule has 0 radical (unpaired) electrons. The van der Waals surface area contributed by atoms with Crippen LogP contribution in [0.3, 0.4) is 0 Å². The van der Waals surface area contributed by atoms with Crippen LogP contribution in [-0.4, -0.2) is 37.0 Å². The number of nitrogens with one attached hydrogen (secondary N) is 1. The summed E-state index contributed by atoms with van der Waals surface area (Å²) in [5, 5.41) is 2.90. The summed E-state index contributed by atoms with van der Waals surface area (Å²) in [4.78, 5) is 26.7. The molecule has 6 heteroatoms. The first-order valence-corrected chi connectivity index (χ1v) is 8.80. The number of methoxy groups -OCH3 is 1. The largest absolute Gasteiger partial charge is 0.467 e. The lowest BCUT2D eigenvalue weighted by Gasteiger charge is -2.21. The highest BCUT2D eigenvalue weighted by molar-refractivity contribution is 5.98. The van der Waals surface area contributed by atoms with Crippen LogP contribution < -0.4 is 5.32 Å². The van der Waals surface area contributed by atoms with Crippen LogP contribution >= 0.6 is 0 Å². The van der Waals surface area contributed by atoms with Gasteiger partial charge < -0.3 is 19.4 Å². The Morgan fingerprint density at radius 1 is 1.31 bits per heavy atom. The van der Waals surface area contributed by atoms with Crippen molar-refractivity contribution in [2.45, 2.75) is 19.9 Å². The lowest BCUT2D eigenvalue weighted by molar-refractivity contribution is -0.117. The first-order chi connectivity index (χ1) is 12.6. The zero-order valence-electron chi connectivity index (χ0n) is 15.1. The third kappa shape index (κ3) is 4.52. The van der Waals surface area contributed by atoms with Gasteiger partial charge in [0, 0.05) is 30.8 Å². The lowest BCUT2D eigenvalue weighted by atomic mass is 10.1. The van der Waals surface area contributed by atoms with Crippen LogP contribution in [0.5, 0.6) is 0 Å². The highest BCUT2D eigenvalue weighted by Crippen LogP contribution is 2.38. The molecule has 3 rings (SSSR count). The van der Waals surface area contributed by atoms with Crippen LogP contribution in [0.2, 0.25) is 0 Å². The molecule has 1 heterocycles. The Balaban J connectivity index is 1.71. The first-order valence-electron chi connectivity index (χ1n) is 8.80. The predicted molar refractivity (Wildman–Crippen MR) is 97.7 cm³/mol. The Labute approximate surface area is 153 Å². The number of hydrogen-bond donors (Lipinski definition) is 1. The van der Waals surface area contributed by atoms with Gasteiger partial charge in [0.05, 0.1) is 19.4 Å². The summed E-state index contributed by atoms with van der Waals surface area (Å²) in [5.41, 5.74) is 1.17. The highest BCUT2D eigenvalue weighted by atomic mass is 16.5. The second-order valence-electron chi connectivity index (χ2n) is 6.69. The fourth-order valence-corrected chi connectivity index (χ4v) is 2.88. The molecule has 1 aliphatic carbocycles. The summed E-state index contributed by atoms with van der Waals surface area (Å²) in [5.74, 6) is 1.13. The number of amides is 2. The molecular weight excluding hydrogens is 332 g/mol. The van der Waals surface area contributed by atoms with Gasteiger partial charge in [0.15, 0.2) is 0 Å². The van der Waals surface area contributed by atoms with Crippen molar-refractivity contribution < 1.29 is 18.7 Å². The number of ether oxygens (including phenoxy) is 1. The molecule has 0 aliphatic heterocycles. The van der Waals surface area contributed by atoms with Crippen molar-refractivity contribution in [2.24, 2.45) is 11.8 Å². The molecule has 1 N–H and O–H groups in total. The quantitative estimate of drug-likeness (QED) is 0.789. The van der Waals surface area contributed by atoms with Gasteiger partial charge in [-0.3, -0.25) is 9.59 Å². The van der Waals surface area contributed by atoms with Gasteiger partial charge in [-0.1, -0.05) is 13.0 Å². The van der Waals surface area contributed by atoms with E-state index in [0.717, 1.165) is 6.42 Å². The second kappa shape index (κ2) is 8.19. The third-order valence-electron chi connectivity index (χ3n) is 4.60. The smallest absolute Gasteiger partial charge is 0.254 e. The molecule has 2 atom stereocenters. The zero-order valence-corrected chi connectivity index (χ0v) is 15.1. The van der Waals surface area contributed by atoms with Crippen molar-refractivity contribution >= 4 is 17.5 Å². The molecule has 2 amide bonds. The minimum absolute atomic E-state index is 0.0222. The van der Waals surface area contributed by atoms with E-state index in [1.165, 1.54) is 0 Å². The Hall–Kier alpha value is -2.60. The fourth-order valence-electron chi connectivity index (χ4n) is 2.88. The number of furan rings is 1. The van der Waals surface area contributed by atoms with Gasteiger partial charge >= 0.3 is 0 Å². The summed E-state index contributed by atoms with van der Waals surface area (Å²) >= 11 is 0. The predicted octanol–water partition coefficient (Wildman–Crippen LogP) is 3.16. The standard InChI is InChI=1S/C20H24N2O4/c1-14-11-18(14)19(23)21-16-6-3-5-15(12-16)20(24)22(8-10-25-2)13-17-7-4-9-26-17/h3-7,9,12,14,18H,8,10-11,13H2,1-2H3,(H,21,23). The van der Waals surface area contributed by atoms with Gasteiger partial charge in [-0.25, -0.2) is 0 Å². The molecule has 1 aromatic heterocycles. The van der Waals surface area contributed by atoms with E-state index in [-0.39, 0.29) is 17.7 Å². The van der Waals surface area contributed by atoms with Crippen molar-refractivity contribution in [3.05, 3.63) is 54.0 Å². The lowest BCUT2D eigenvalue weighted by Crippen LogP contribution is -2.33. The van der Waals surface area contributed by atoms with E-state index in [0.29, 0.717) is 42.6 Å². The normalized spacial score (nSPS) is 18.4. The number of rotatable bonds is 8. The van der Waals surface area contributed by atoms with E-state index in [4.69, 9.17) is 9.15 Å². The minimum Gasteiger partial charge on any atom is -0.467 e. The Morgan fingerprint density at radius 2 is 2.12 bits per heavy atom. The molecule has 0 saturated heterocycles. The molecule has 1 aromatic carbocycles. The molecule has 1 saturated carbocycles. The summed E-state index contributed by atoms with van der Waals surface area (Å²) in [6.07, 6.45) is 2.52. The van der Waals surface area contributed by atoms with Gasteiger partial charge in [-0.15, -0.1) is 0 Å². The highest BCUT2D eigenvalue weighted by Gasteiger charge is 2.39.